The predicted molar refractivity (Wildman–Crippen MR) is 105 cm³/mol. The van der Waals surface area contributed by atoms with E-state index in [9.17, 15) is 0 Å². The van der Waals surface area contributed by atoms with Gasteiger partial charge in [-0.25, -0.2) is 4.98 Å². The number of hydrogen-bond acceptors (Lipinski definition) is 7. The summed E-state index contributed by atoms with van der Waals surface area (Å²) in [5.41, 5.74) is 2.13. The van der Waals surface area contributed by atoms with Crippen molar-refractivity contribution in [2.75, 3.05) is 31.7 Å². The van der Waals surface area contributed by atoms with Gasteiger partial charge in [-0.05, 0) is 30.5 Å². The Hall–Kier alpha value is -2.77. The fraction of sp³-hybridized carbons (Fsp3) is 0.381. The van der Waals surface area contributed by atoms with Crippen LogP contribution in [-0.4, -0.2) is 47.6 Å². The summed E-state index contributed by atoms with van der Waals surface area (Å²) in [6.07, 6.45) is 4.57. The number of nitrogens with one attached hydrogen (secondary N) is 1. The van der Waals surface area contributed by atoms with Gasteiger partial charge >= 0.3 is 0 Å². The topological polar surface area (TPSA) is 82.3 Å². The molecule has 1 unspecified atom stereocenters. The van der Waals surface area contributed by atoms with Crippen LogP contribution in [0.2, 0.25) is 0 Å². The SMILES string of the molecule is c1ccc(CCCc2noc(-c3ccc(NCC4COCCO4)nc3)n2)cc1. The molecule has 0 radical (unpaired) electrons. The molecule has 3 heterocycles. The molecule has 1 atom stereocenters. The molecular formula is C21H24N4O3. The van der Waals surface area contributed by atoms with Crippen LogP contribution in [0, 0.1) is 0 Å². The summed E-state index contributed by atoms with van der Waals surface area (Å²) in [5, 5.41) is 7.34. The molecule has 1 aliphatic heterocycles. The lowest BCUT2D eigenvalue weighted by molar-refractivity contribution is -0.0819. The molecule has 0 saturated carbocycles. The molecule has 7 nitrogen and oxygen atoms in total. The lowest BCUT2D eigenvalue weighted by Crippen LogP contribution is -2.34. The number of aromatic nitrogens is 3. The molecule has 0 spiro atoms. The molecule has 0 bridgehead atoms. The highest BCUT2D eigenvalue weighted by Gasteiger charge is 2.14. The van der Waals surface area contributed by atoms with E-state index in [2.05, 4.69) is 44.7 Å². The first-order valence-corrected chi connectivity index (χ1v) is 9.63. The Balaban J connectivity index is 1.27. The van der Waals surface area contributed by atoms with Gasteiger partial charge in [0.1, 0.15) is 5.82 Å². The van der Waals surface area contributed by atoms with Gasteiger partial charge in [-0.15, -0.1) is 0 Å². The lowest BCUT2D eigenvalue weighted by atomic mass is 10.1. The van der Waals surface area contributed by atoms with Crippen molar-refractivity contribution in [2.45, 2.75) is 25.4 Å². The number of hydrogen-bond donors (Lipinski definition) is 1. The maximum atomic E-state index is 5.61. The van der Waals surface area contributed by atoms with Gasteiger partial charge in [-0.2, -0.15) is 4.98 Å². The van der Waals surface area contributed by atoms with Gasteiger partial charge in [-0.1, -0.05) is 35.5 Å². The molecule has 1 saturated heterocycles. The zero-order chi connectivity index (χ0) is 19.0. The summed E-state index contributed by atoms with van der Waals surface area (Å²) >= 11 is 0. The van der Waals surface area contributed by atoms with Crippen molar-refractivity contribution >= 4 is 5.82 Å². The zero-order valence-corrected chi connectivity index (χ0v) is 15.7. The standard InChI is InChI=1S/C21H24N4O3/c1-2-5-16(6-3-1)7-4-8-20-24-21(28-25-20)17-9-10-19(22-13-17)23-14-18-15-26-11-12-27-18/h1-3,5-6,9-10,13,18H,4,7-8,11-12,14-15H2,(H,22,23). The molecule has 146 valence electrons. The van der Waals surface area contributed by atoms with Gasteiger partial charge in [-0.3, -0.25) is 0 Å². The summed E-state index contributed by atoms with van der Waals surface area (Å²) < 4.78 is 16.4. The van der Waals surface area contributed by atoms with Crippen LogP contribution >= 0.6 is 0 Å². The van der Waals surface area contributed by atoms with E-state index in [4.69, 9.17) is 14.0 Å². The molecule has 7 heteroatoms. The molecule has 3 aromatic rings. The van der Waals surface area contributed by atoms with E-state index in [1.165, 1.54) is 5.56 Å². The van der Waals surface area contributed by atoms with Crippen molar-refractivity contribution in [1.29, 1.82) is 0 Å². The van der Waals surface area contributed by atoms with Crippen LogP contribution in [0.1, 0.15) is 17.8 Å². The Morgan fingerprint density at radius 1 is 1.04 bits per heavy atom. The number of benzene rings is 1. The van der Waals surface area contributed by atoms with Gasteiger partial charge in [0, 0.05) is 19.2 Å². The third-order valence-corrected chi connectivity index (χ3v) is 4.58. The molecule has 1 aromatic carbocycles. The number of rotatable bonds is 8. The molecule has 4 rings (SSSR count). The normalized spacial score (nSPS) is 16.8. The van der Waals surface area contributed by atoms with E-state index in [-0.39, 0.29) is 6.10 Å². The number of nitrogens with zero attached hydrogens (tertiary/aromatic N) is 3. The van der Waals surface area contributed by atoms with Gasteiger partial charge in [0.25, 0.3) is 5.89 Å². The highest BCUT2D eigenvalue weighted by molar-refractivity contribution is 5.54. The fourth-order valence-corrected chi connectivity index (χ4v) is 3.07. The summed E-state index contributed by atoms with van der Waals surface area (Å²) in [6.45, 7) is 2.59. The van der Waals surface area contributed by atoms with Gasteiger partial charge in [0.15, 0.2) is 5.82 Å². The second kappa shape index (κ2) is 9.43. The second-order valence-electron chi connectivity index (χ2n) is 6.74. The molecule has 28 heavy (non-hydrogen) atoms. The fourth-order valence-electron chi connectivity index (χ4n) is 3.07. The highest BCUT2D eigenvalue weighted by Crippen LogP contribution is 2.18. The number of anilines is 1. The Morgan fingerprint density at radius 2 is 1.96 bits per heavy atom. The van der Waals surface area contributed by atoms with E-state index in [1.807, 2.05) is 18.2 Å². The van der Waals surface area contributed by atoms with Gasteiger partial charge in [0.2, 0.25) is 0 Å². The Morgan fingerprint density at radius 3 is 2.75 bits per heavy atom. The van der Waals surface area contributed by atoms with Crippen molar-refractivity contribution in [3.05, 3.63) is 60.0 Å². The molecule has 0 amide bonds. The summed E-state index contributed by atoms with van der Waals surface area (Å²) in [7, 11) is 0. The van der Waals surface area contributed by atoms with E-state index >= 15 is 0 Å². The largest absolute Gasteiger partial charge is 0.376 e. The molecular weight excluding hydrogens is 356 g/mol. The highest BCUT2D eigenvalue weighted by atomic mass is 16.6. The van der Waals surface area contributed by atoms with Crippen LogP contribution in [0.5, 0.6) is 0 Å². The van der Waals surface area contributed by atoms with Crippen LogP contribution in [0.25, 0.3) is 11.5 Å². The van der Waals surface area contributed by atoms with Crippen molar-refractivity contribution < 1.29 is 14.0 Å². The van der Waals surface area contributed by atoms with Crippen LogP contribution in [0.3, 0.4) is 0 Å². The zero-order valence-electron chi connectivity index (χ0n) is 15.7. The summed E-state index contributed by atoms with van der Waals surface area (Å²) in [4.78, 5) is 8.90. The average Bonchev–Trinajstić information content (AvgIpc) is 3.23. The van der Waals surface area contributed by atoms with Crippen LogP contribution < -0.4 is 5.32 Å². The second-order valence-corrected chi connectivity index (χ2v) is 6.74. The van der Waals surface area contributed by atoms with Crippen molar-refractivity contribution in [3.63, 3.8) is 0 Å². The van der Waals surface area contributed by atoms with Crippen molar-refractivity contribution in [1.82, 2.24) is 15.1 Å². The first-order valence-electron chi connectivity index (χ1n) is 9.63. The smallest absolute Gasteiger partial charge is 0.259 e. The van der Waals surface area contributed by atoms with Crippen molar-refractivity contribution in [3.8, 4) is 11.5 Å². The van der Waals surface area contributed by atoms with E-state index in [0.29, 0.717) is 32.3 Å². The monoisotopic (exact) mass is 380 g/mol. The third-order valence-electron chi connectivity index (χ3n) is 4.58. The minimum Gasteiger partial charge on any atom is -0.376 e. The number of pyridine rings is 1. The lowest BCUT2D eigenvalue weighted by Gasteiger charge is -2.23. The minimum absolute atomic E-state index is 0.0598. The maximum Gasteiger partial charge on any atom is 0.259 e. The molecule has 1 N–H and O–H groups in total. The Bertz CT molecular complexity index is 846. The summed E-state index contributed by atoms with van der Waals surface area (Å²) in [6, 6.07) is 14.2. The average molecular weight is 380 g/mol. The first-order chi connectivity index (χ1) is 13.9. The molecule has 0 aliphatic carbocycles. The molecule has 2 aromatic heterocycles. The van der Waals surface area contributed by atoms with Crippen LogP contribution in [-0.2, 0) is 22.3 Å². The van der Waals surface area contributed by atoms with E-state index in [0.717, 1.165) is 36.5 Å². The molecule has 1 fully saturated rings. The summed E-state index contributed by atoms with van der Waals surface area (Å²) in [5.74, 6) is 2.00. The molecule has 1 aliphatic rings. The van der Waals surface area contributed by atoms with E-state index < -0.39 is 0 Å². The third kappa shape index (κ3) is 5.15. The van der Waals surface area contributed by atoms with Crippen LogP contribution in [0.4, 0.5) is 5.82 Å². The van der Waals surface area contributed by atoms with Crippen LogP contribution in [0.15, 0.2) is 53.2 Å². The first kappa shape index (κ1) is 18.6. The van der Waals surface area contributed by atoms with Crippen molar-refractivity contribution in [2.24, 2.45) is 0 Å². The quantitative estimate of drug-likeness (QED) is 0.643. The number of aryl methyl sites for hydroxylation is 2. The Labute approximate surface area is 164 Å². The van der Waals surface area contributed by atoms with Gasteiger partial charge < -0.3 is 19.3 Å². The van der Waals surface area contributed by atoms with Gasteiger partial charge in [0.05, 0.1) is 31.5 Å². The maximum absolute atomic E-state index is 5.61. The minimum atomic E-state index is 0.0598. The number of ether oxygens (including phenoxy) is 2. The van der Waals surface area contributed by atoms with E-state index in [1.54, 1.807) is 6.20 Å². The predicted octanol–water partition coefficient (Wildman–Crippen LogP) is 3.13. The Kier molecular flexibility index (Phi) is 6.26.